The number of aromatic nitrogens is 4. The van der Waals surface area contributed by atoms with Gasteiger partial charge in [0, 0.05) is 7.05 Å². The molecule has 14 heavy (non-hydrogen) atoms. The van der Waals surface area contributed by atoms with Crippen molar-refractivity contribution in [1.29, 1.82) is 0 Å². The quantitative estimate of drug-likeness (QED) is 0.674. The van der Waals surface area contributed by atoms with Gasteiger partial charge in [-0.2, -0.15) is 5.10 Å². The minimum atomic E-state index is 0.230. The Bertz CT molecular complexity index is 515. The van der Waals surface area contributed by atoms with Gasteiger partial charge in [0.25, 0.3) is 0 Å². The zero-order valence-corrected chi connectivity index (χ0v) is 8.71. The number of hydrogen-bond donors (Lipinski definition) is 0. The largest absolute Gasteiger partial charge is 0.264 e. The Labute approximate surface area is 86.2 Å². The SMILES string of the molecule is C=C(C)c1nn(C)c2cnc(Cl)nc12. The van der Waals surface area contributed by atoms with Crippen LogP contribution in [0, 0.1) is 0 Å². The highest BCUT2D eigenvalue weighted by Gasteiger charge is 2.11. The third-order valence-corrected chi connectivity index (χ3v) is 2.15. The molecule has 0 saturated carbocycles. The van der Waals surface area contributed by atoms with E-state index in [-0.39, 0.29) is 5.28 Å². The van der Waals surface area contributed by atoms with Crippen LogP contribution in [0.1, 0.15) is 12.6 Å². The summed E-state index contributed by atoms with van der Waals surface area (Å²) in [5.74, 6) is 0. The minimum absolute atomic E-state index is 0.230. The molecule has 0 bridgehead atoms. The molecule has 0 amide bonds. The molecule has 2 aromatic heterocycles. The van der Waals surface area contributed by atoms with E-state index in [1.807, 2.05) is 14.0 Å². The molecule has 2 aromatic rings. The molecule has 0 aliphatic rings. The summed E-state index contributed by atoms with van der Waals surface area (Å²) >= 11 is 5.72. The smallest absolute Gasteiger partial charge is 0.223 e. The Morgan fingerprint density at radius 2 is 2.29 bits per heavy atom. The van der Waals surface area contributed by atoms with Gasteiger partial charge >= 0.3 is 0 Å². The van der Waals surface area contributed by atoms with E-state index in [0.29, 0.717) is 0 Å². The Kier molecular flexibility index (Phi) is 2.00. The summed E-state index contributed by atoms with van der Waals surface area (Å²) in [6, 6.07) is 0. The normalized spacial score (nSPS) is 10.8. The summed E-state index contributed by atoms with van der Waals surface area (Å²) in [5, 5.41) is 4.52. The molecule has 0 atom stereocenters. The van der Waals surface area contributed by atoms with Crippen LogP contribution in [0.25, 0.3) is 16.6 Å². The average Bonchev–Trinajstić information content (AvgIpc) is 2.43. The lowest BCUT2D eigenvalue weighted by atomic mass is 10.2. The molecule has 0 unspecified atom stereocenters. The van der Waals surface area contributed by atoms with E-state index in [4.69, 9.17) is 11.6 Å². The first-order chi connectivity index (χ1) is 6.59. The highest BCUT2D eigenvalue weighted by molar-refractivity contribution is 6.28. The van der Waals surface area contributed by atoms with Gasteiger partial charge in [-0.3, -0.25) is 4.68 Å². The predicted molar refractivity (Wildman–Crippen MR) is 56.0 cm³/mol. The lowest BCUT2D eigenvalue weighted by Gasteiger charge is -1.93. The lowest BCUT2D eigenvalue weighted by Crippen LogP contribution is -1.90. The van der Waals surface area contributed by atoms with E-state index >= 15 is 0 Å². The predicted octanol–water partition coefficient (Wildman–Crippen LogP) is 2.05. The second-order valence-electron chi connectivity index (χ2n) is 3.13. The summed E-state index contributed by atoms with van der Waals surface area (Å²) in [4.78, 5) is 8.03. The summed E-state index contributed by atoms with van der Waals surface area (Å²) in [6.07, 6.45) is 1.66. The highest BCUT2D eigenvalue weighted by Crippen LogP contribution is 2.21. The second-order valence-corrected chi connectivity index (χ2v) is 3.46. The average molecular weight is 209 g/mol. The van der Waals surface area contributed by atoms with Gasteiger partial charge < -0.3 is 0 Å². The van der Waals surface area contributed by atoms with Gasteiger partial charge in [0.15, 0.2) is 0 Å². The number of halogens is 1. The van der Waals surface area contributed by atoms with Crippen LogP contribution < -0.4 is 0 Å². The van der Waals surface area contributed by atoms with Crippen molar-refractivity contribution < 1.29 is 0 Å². The fraction of sp³-hybridized carbons (Fsp3) is 0.222. The maximum absolute atomic E-state index is 5.72. The molecule has 0 aliphatic heterocycles. The molecule has 72 valence electrons. The molecular weight excluding hydrogens is 200 g/mol. The van der Waals surface area contributed by atoms with E-state index in [2.05, 4.69) is 21.6 Å². The molecule has 0 saturated heterocycles. The Hall–Kier alpha value is -1.42. The molecule has 0 N–H and O–H groups in total. The summed E-state index contributed by atoms with van der Waals surface area (Å²) < 4.78 is 1.72. The zero-order chi connectivity index (χ0) is 10.3. The van der Waals surface area contributed by atoms with Crippen LogP contribution in [0.5, 0.6) is 0 Å². The van der Waals surface area contributed by atoms with Crippen LogP contribution >= 0.6 is 11.6 Å². The number of aryl methyl sites for hydroxylation is 1. The van der Waals surface area contributed by atoms with Gasteiger partial charge in [-0.1, -0.05) is 6.58 Å². The van der Waals surface area contributed by atoms with Crippen LogP contribution in [0.2, 0.25) is 5.28 Å². The molecule has 5 heteroatoms. The Balaban J connectivity index is 2.85. The first-order valence-electron chi connectivity index (χ1n) is 4.10. The molecular formula is C9H9ClN4. The van der Waals surface area contributed by atoms with Crippen molar-refractivity contribution in [3.05, 3.63) is 23.8 Å². The Morgan fingerprint density at radius 3 is 2.93 bits per heavy atom. The van der Waals surface area contributed by atoms with Crippen molar-refractivity contribution in [2.75, 3.05) is 0 Å². The van der Waals surface area contributed by atoms with Crippen LogP contribution in [-0.2, 0) is 7.05 Å². The number of fused-ring (bicyclic) bond motifs is 1. The summed E-state index contributed by atoms with van der Waals surface area (Å²) in [7, 11) is 1.84. The number of hydrogen-bond acceptors (Lipinski definition) is 3. The molecule has 4 nitrogen and oxygen atoms in total. The number of nitrogens with zero attached hydrogens (tertiary/aromatic N) is 4. The summed E-state index contributed by atoms with van der Waals surface area (Å²) in [5.41, 5.74) is 3.24. The van der Waals surface area contributed by atoms with Crippen molar-refractivity contribution in [3.63, 3.8) is 0 Å². The van der Waals surface area contributed by atoms with Crippen LogP contribution in [-0.4, -0.2) is 19.7 Å². The monoisotopic (exact) mass is 208 g/mol. The standard InChI is InChI=1S/C9H9ClN4/c1-5(2)7-8-6(14(3)13-7)4-11-9(10)12-8/h4H,1H2,2-3H3. The van der Waals surface area contributed by atoms with E-state index in [9.17, 15) is 0 Å². The van der Waals surface area contributed by atoms with Gasteiger partial charge in [0.1, 0.15) is 16.7 Å². The van der Waals surface area contributed by atoms with Crippen molar-refractivity contribution in [1.82, 2.24) is 19.7 Å². The zero-order valence-electron chi connectivity index (χ0n) is 7.95. The molecule has 0 aromatic carbocycles. The van der Waals surface area contributed by atoms with E-state index in [0.717, 1.165) is 22.3 Å². The van der Waals surface area contributed by atoms with E-state index < -0.39 is 0 Å². The molecule has 0 aliphatic carbocycles. The van der Waals surface area contributed by atoms with Crippen molar-refractivity contribution in [3.8, 4) is 0 Å². The third-order valence-electron chi connectivity index (χ3n) is 1.97. The molecule has 2 heterocycles. The fourth-order valence-electron chi connectivity index (χ4n) is 1.30. The number of allylic oxidation sites excluding steroid dienone is 1. The summed E-state index contributed by atoms with van der Waals surface area (Å²) in [6.45, 7) is 5.73. The second kappa shape index (κ2) is 3.06. The molecule has 0 fully saturated rings. The topological polar surface area (TPSA) is 43.6 Å². The van der Waals surface area contributed by atoms with Gasteiger partial charge in [0.05, 0.1) is 6.20 Å². The third kappa shape index (κ3) is 1.28. The van der Waals surface area contributed by atoms with E-state index in [1.165, 1.54) is 0 Å². The van der Waals surface area contributed by atoms with Crippen LogP contribution in [0.4, 0.5) is 0 Å². The molecule has 0 radical (unpaired) electrons. The van der Waals surface area contributed by atoms with Gasteiger partial charge in [-0.25, -0.2) is 9.97 Å². The van der Waals surface area contributed by atoms with Crippen LogP contribution in [0.3, 0.4) is 0 Å². The van der Waals surface area contributed by atoms with E-state index in [1.54, 1.807) is 10.9 Å². The Morgan fingerprint density at radius 1 is 1.57 bits per heavy atom. The minimum Gasteiger partial charge on any atom is -0.264 e. The lowest BCUT2D eigenvalue weighted by molar-refractivity contribution is 0.790. The molecule has 2 rings (SSSR count). The van der Waals surface area contributed by atoms with Gasteiger partial charge in [0.2, 0.25) is 5.28 Å². The van der Waals surface area contributed by atoms with Crippen molar-refractivity contribution in [2.24, 2.45) is 7.05 Å². The van der Waals surface area contributed by atoms with Crippen LogP contribution in [0.15, 0.2) is 12.8 Å². The van der Waals surface area contributed by atoms with Gasteiger partial charge in [-0.05, 0) is 24.1 Å². The van der Waals surface area contributed by atoms with Crippen molar-refractivity contribution >= 4 is 28.2 Å². The highest BCUT2D eigenvalue weighted by atomic mass is 35.5. The maximum atomic E-state index is 5.72. The maximum Gasteiger partial charge on any atom is 0.223 e. The first kappa shape index (κ1) is 9.15. The van der Waals surface area contributed by atoms with Crippen molar-refractivity contribution in [2.45, 2.75) is 6.92 Å². The fourth-order valence-corrected chi connectivity index (χ4v) is 1.44. The first-order valence-corrected chi connectivity index (χ1v) is 4.48. The molecule has 0 spiro atoms. The number of rotatable bonds is 1. The van der Waals surface area contributed by atoms with Gasteiger partial charge in [-0.15, -0.1) is 0 Å².